The van der Waals surface area contributed by atoms with Gasteiger partial charge < -0.3 is 19.9 Å². The van der Waals surface area contributed by atoms with E-state index in [-0.39, 0.29) is 23.8 Å². The Balaban J connectivity index is 1.41. The number of ether oxygens (including phenoxy) is 1. The number of quaternary nitrogens is 2. The molecule has 0 aromatic heterocycles. The Morgan fingerprint density at radius 1 is 1.21 bits per heavy atom. The topological polar surface area (TPSA) is 50.6 Å². The van der Waals surface area contributed by atoms with Gasteiger partial charge in [0.2, 0.25) is 0 Å². The first-order valence-corrected chi connectivity index (χ1v) is 10.5. The summed E-state index contributed by atoms with van der Waals surface area (Å²) < 4.78 is 18.9. The fourth-order valence-corrected chi connectivity index (χ4v) is 4.63. The number of carbonyl (C=O) groups excluding carboxylic acids is 1. The standard InChI is InChI=1S/C23H28FN3O2/c1-17-14-19-4-2-3-5-21(19)27(17)23(28)16-25-15-22(26-10-12-29-13-11-26)18-6-8-20(24)9-7-18/h2-9,17,22,25H,10-16H2,1H3/p+2/t17-,22+/m0/s1. The maximum atomic E-state index is 13.4. The lowest BCUT2D eigenvalue weighted by Gasteiger charge is -2.31. The molecule has 1 saturated heterocycles. The van der Waals surface area contributed by atoms with Crippen molar-refractivity contribution in [3.8, 4) is 0 Å². The van der Waals surface area contributed by atoms with E-state index >= 15 is 0 Å². The summed E-state index contributed by atoms with van der Waals surface area (Å²) in [6.07, 6.45) is 0.915. The average molecular weight is 400 g/mol. The number of nitrogens with zero attached hydrogens (tertiary/aromatic N) is 1. The molecule has 2 aliphatic heterocycles. The molecule has 0 aliphatic carbocycles. The summed E-state index contributed by atoms with van der Waals surface area (Å²) in [5.74, 6) is -0.0670. The van der Waals surface area contributed by atoms with Crippen LogP contribution in [0.5, 0.6) is 0 Å². The second-order valence-corrected chi connectivity index (χ2v) is 8.05. The Hall–Kier alpha value is -2.28. The van der Waals surface area contributed by atoms with Gasteiger partial charge >= 0.3 is 0 Å². The number of benzene rings is 2. The van der Waals surface area contributed by atoms with Crippen LogP contribution in [0, 0.1) is 5.82 Å². The predicted molar refractivity (Wildman–Crippen MR) is 109 cm³/mol. The summed E-state index contributed by atoms with van der Waals surface area (Å²) in [4.78, 5) is 16.4. The number of anilines is 1. The quantitative estimate of drug-likeness (QED) is 0.735. The van der Waals surface area contributed by atoms with Crippen LogP contribution in [0.25, 0.3) is 0 Å². The molecule has 5 nitrogen and oxygen atoms in total. The van der Waals surface area contributed by atoms with Crippen molar-refractivity contribution in [2.45, 2.75) is 25.4 Å². The van der Waals surface area contributed by atoms with Crippen LogP contribution in [0.3, 0.4) is 0 Å². The van der Waals surface area contributed by atoms with Crippen molar-refractivity contribution in [2.24, 2.45) is 0 Å². The summed E-state index contributed by atoms with van der Waals surface area (Å²) in [5.41, 5.74) is 3.41. The van der Waals surface area contributed by atoms with Gasteiger partial charge in [-0.25, -0.2) is 4.39 Å². The predicted octanol–water partition coefficient (Wildman–Crippen LogP) is 0.323. The van der Waals surface area contributed by atoms with E-state index in [0.717, 1.165) is 50.5 Å². The van der Waals surface area contributed by atoms with E-state index in [4.69, 9.17) is 4.74 Å². The lowest BCUT2D eigenvalue weighted by atomic mass is 10.0. The third-order valence-electron chi connectivity index (χ3n) is 6.10. The first-order valence-electron chi connectivity index (χ1n) is 10.5. The summed E-state index contributed by atoms with van der Waals surface area (Å²) in [7, 11) is 0. The minimum absolute atomic E-state index is 0.150. The third kappa shape index (κ3) is 4.50. The van der Waals surface area contributed by atoms with Gasteiger partial charge in [-0.3, -0.25) is 4.79 Å². The van der Waals surface area contributed by atoms with Gasteiger partial charge in [0.25, 0.3) is 5.91 Å². The molecule has 2 aromatic rings. The highest BCUT2D eigenvalue weighted by molar-refractivity contribution is 5.96. The summed E-state index contributed by atoms with van der Waals surface area (Å²) in [6.45, 7) is 6.66. The zero-order chi connectivity index (χ0) is 20.2. The van der Waals surface area contributed by atoms with E-state index in [1.807, 2.05) is 35.2 Å². The van der Waals surface area contributed by atoms with E-state index in [0.29, 0.717) is 6.54 Å². The Labute approximate surface area is 171 Å². The van der Waals surface area contributed by atoms with Crippen LogP contribution in [0.4, 0.5) is 10.1 Å². The van der Waals surface area contributed by atoms with Crippen molar-refractivity contribution in [3.63, 3.8) is 0 Å². The van der Waals surface area contributed by atoms with Crippen molar-refractivity contribution < 1.29 is 24.1 Å². The number of fused-ring (bicyclic) bond motifs is 1. The number of para-hydroxylation sites is 1. The monoisotopic (exact) mass is 399 g/mol. The molecule has 1 amide bonds. The van der Waals surface area contributed by atoms with E-state index < -0.39 is 0 Å². The number of carbonyl (C=O) groups is 1. The highest BCUT2D eigenvalue weighted by atomic mass is 19.1. The molecule has 1 fully saturated rings. The van der Waals surface area contributed by atoms with Gasteiger partial charge in [-0.15, -0.1) is 0 Å². The maximum Gasteiger partial charge on any atom is 0.282 e. The molecule has 2 heterocycles. The number of nitrogens with one attached hydrogen (secondary N) is 1. The van der Waals surface area contributed by atoms with E-state index in [1.165, 1.54) is 22.6 Å². The van der Waals surface area contributed by atoms with E-state index in [2.05, 4.69) is 18.3 Å². The van der Waals surface area contributed by atoms with Crippen LogP contribution in [0.15, 0.2) is 48.5 Å². The summed E-state index contributed by atoms with van der Waals surface area (Å²) in [6, 6.07) is 15.4. The lowest BCUT2D eigenvalue weighted by Crippen LogP contribution is -3.16. The van der Waals surface area contributed by atoms with Gasteiger partial charge in [0.1, 0.15) is 25.5 Å². The normalized spacial score (nSPS) is 20.5. The molecule has 0 saturated carbocycles. The molecule has 0 radical (unpaired) electrons. The van der Waals surface area contributed by atoms with Crippen LogP contribution < -0.4 is 15.1 Å². The number of halogens is 1. The van der Waals surface area contributed by atoms with E-state index in [1.54, 1.807) is 0 Å². The Morgan fingerprint density at radius 3 is 2.69 bits per heavy atom. The van der Waals surface area contributed by atoms with Crippen molar-refractivity contribution in [2.75, 3.05) is 44.3 Å². The SMILES string of the molecule is C[C@H]1Cc2ccccc2N1C(=O)C[NH2+]C[C@H](c1ccc(F)cc1)[NH+]1CCOCC1. The van der Waals surface area contributed by atoms with Crippen molar-refractivity contribution in [3.05, 3.63) is 65.5 Å². The Kier molecular flexibility index (Phi) is 6.23. The number of hydrogen-bond donors (Lipinski definition) is 2. The molecule has 3 N–H and O–H groups in total. The second-order valence-electron chi connectivity index (χ2n) is 8.05. The molecule has 2 aliphatic rings. The van der Waals surface area contributed by atoms with E-state index in [9.17, 15) is 9.18 Å². The molecule has 154 valence electrons. The van der Waals surface area contributed by atoms with Gasteiger partial charge in [0.05, 0.1) is 13.2 Å². The summed E-state index contributed by atoms with van der Waals surface area (Å²) >= 11 is 0. The number of morpholine rings is 1. The zero-order valence-electron chi connectivity index (χ0n) is 16.9. The number of hydrogen-bond acceptors (Lipinski definition) is 2. The first-order chi connectivity index (χ1) is 14.1. The molecule has 0 unspecified atom stereocenters. The van der Waals surface area contributed by atoms with Crippen LogP contribution in [-0.2, 0) is 16.0 Å². The number of nitrogens with two attached hydrogens (primary N) is 1. The van der Waals surface area contributed by atoms with Crippen LogP contribution in [0.2, 0.25) is 0 Å². The summed E-state index contributed by atoms with van der Waals surface area (Å²) in [5, 5.41) is 2.10. The zero-order valence-corrected chi connectivity index (χ0v) is 16.9. The molecule has 2 aromatic carbocycles. The molecule has 29 heavy (non-hydrogen) atoms. The largest absolute Gasteiger partial charge is 0.370 e. The molecular weight excluding hydrogens is 369 g/mol. The Bertz CT molecular complexity index is 836. The highest BCUT2D eigenvalue weighted by Crippen LogP contribution is 2.31. The number of amides is 1. The van der Waals surface area contributed by atoms with Gasteiger partial charge in [0.15, 0.2) is 12.6 Å². The van der Waals surface area contributed by atoms with Crippen LogP contribution >= 0.6 is 0 Å². The first kappa shape index (κ1) is 20.0. The minimum atomic E-state index is -0.217. The molecule has 0 bridgehead atoms. The van der Waals surface area contributed by atoms with Gasteiger partial charge in [-0.05, 0) is 49.2 Å². The van der Waals surface area contributed by atoms with Crippen molar-refractivity contribution in [1.29, 1.82) is 0 Å². The molecular formula is C23H30FN3O2+2. The molecule has 4 rings (SSSR count). The lowest BCUT2D eigenvalue weighted by molar-refractivity contribution is -0.951. The minimum Gasteiger partial charge on any atom is -0.370 e. The fourth-order valence-electron chi connectivity index (χ4n) is 4.63. The van der Waals surface area contributed by atoms with Crippen LogP contribution in [0.1, 0.15) is 24.1 Å². The van der Waals surface area contributed by atoms with Crippen molar-refractivity contribution >= 4 is 11.6 Å². The Morgan fingerprint density at radius 2 is 1.93 bits per heavy atom. The fraction of sp³-hybridized carbons (Fsp3) is 0.435. The average Bonchev–Trinajstić information content (AvgIpc) is 3.08. The smallest absolute Gasteiger partial charge is 0.282 e. The van der Waals surface area contributed by atoms with Gasteiger partial charge in [-0.1, -0.05) is 18.2 Å². The molecule has 2 atom stereocenters. The van der Waals surface area contributed by atoms with Crippen molar-refractivity contribution in [1.82, 2.24) is 0 Å². The van der Waals surface area contributed by atoms with Gasteiger partial charge in [0, 0.05) is 17.3 Å². The third-order valence-corrected chi connectivity index (χ3v) is 6.10. The maximum absolute atomic E-state index is 13.4. The highest BCUT2D eigenvalue weighted by Gasteiger charge is 2.32. The van der Waals surface area contributed by atoms with Gasteiger partial charge in [-0.2, -0.15) is 0 Å². The second kappa shape index (κ2) is 9.03. The van der Waals surface area contributed by atoms with Crippen LogP contribution in [-0.4, -0.2) is 51.3 Å². The number of rotatable bonds is 6. The molecule has 0 spiro atoms. The molecule has 6 heteroatoms.